The van der Waals surface area contributed by atoms with Crippen molar-refractivity contribution in [2.24, 2.45) is 0 Å². The van der Waals surface area contributed by atoms with Gasteiger partial charge in [-0.2, -0.15) is 4.31 Å². The maximum absolute atomic E-state index is 13.2. The highest BCUT2D eigenvalue weighted by atomic mass is 35.5. The van der Waals surface area contributed by atoms with Crippen molar-refractivity contribution in [3.05, 3.63) is 58.9 Å². The minimum Gasteiger partial charge on any atom is -0.207 e. The predicted molar refractivity (Wildman–Crippen MR) is 104 cm³/mol. The number of sulfonamides is 2. The van der Waals surface area contributed by atoms with Crippen molar-refractivity contribution in [1.82, 2.24) is 9.03 Å². The summed E-state index contributed by atoms with van der Waals surface area (Å²) in [5.41, 5.74) is 0.329. The number of nitrogens with one attached hydrogen (secondary N) is 1. The Kier molecular flexibility index (Phi) is 6.41. The summed E-state index contributed by atoms with van der Waals surface area (Å²) in [5, 5.41) is -0.248. The number of piperidine rings is 1. The molecule has 1 N–H and O–H groups in total. The molecule has 0 radical (unpaired) electrons. The Morgan fingerprint density at radius 1 is 0.964 bits per heavy atom. The van der Waals surface area contributed by atoms with Crippen LogP contribution in [0.1, 0.15) is 24.8 Å². The molecule has 1 saturated heterocycles. The third kappa shape index (κ3) is 4.55. The number of rotatable bonds is 6. The van der Waals surface area contributed by atoms with E-state index in [4.69, 9.17) is 11.6 Å². The van der Waals surface area contributed by atoms with Crippen molar-refractivity contribution < 1.29 is 21.2 Å². The number of halogens is 2. The molecule has 0 unspecified atom stereocenters. The van der Waals surface area contributed by atoms with Gasteiger partial charge in [-0.1, -0.05) is 36.2 Å². The number of hydrogen-bond donors (Lipinski definition) is 1. The lowest BCUT2D eigenvalue weighted by atomic mass is 10.2. The topological polar surface area (TPSA) is 83.5 Å². The molecular formula is C18H20ClFN2O4S2. The lowest BCUT2D eigenvalue weighted by Gasteiger charge is -2.26. The van der Waals surface area contributed by atoms with Gasteiger partial charge in [0.25, 0.3) is 0 Å². The van der Waals surface area contributed by atoms with Crippen LogP contribution in [0.25, 0.3) is 0 Å². The van der Waals surface area contributed by atoms with Crippen molar-refractivity contribution in [1.29, 1.82) is 0 Å². The van der Waals surface area contributed by atoms with Gasteiger partial charge < -0.3 is 0 Å². The summed E-state index contributed by atoms with van der Waals surface area (Å²) in [7, 11) is -7.77. The van der Waals surface area contributed by atoms with Crippen molar-refractivity contribution in [3.8, 4) is 0 Å². The molecule has 0 amide bonds. The van der Waals surface area contributed by atoms with Gasteiger partial charge in [0.1, 0.15) is 10.7 Å². The third-order valence-corrected chi connectivity index (χ3v) is 8.42. The SMILES string of the molecule is O=S(=O)(NCc1ccccc1S(=O)(=O)N1CCCCC1)c1ccc(F)cc1Cl. The zero-order valence-electron chi connectivity index (χ0n) is 14.9. The van der Waals surface area contributed by atoms with Crippen LogP contribution < -0.4 is 4.72 Å². The second-order valence-electron chi connectivity index (χ2n) is 6.47. The molecule has 2 aromatic carbocycles. The molecule has 0 spiro atoms. The molecule has 3 rings (SSSR count). The van der Waals surface area contributed by atoms with Crippen LogP contribution in [0.2, 0.25) is 5.02 Å². The fraction of sp³-hybridized carbons (Fsp3) is 0.333. The number of hydrogen-bond acceptors (Lipinski definition) is 4. The van der Waals surface area contributed by atoms with E-state index >= 15 is 0 Å². The van der Waals surface area contributed by atoms with E-state index in [0.29, 0.717) is 18.7 Å². The van der Waals surface area contributed by atoms with Gasteiger partial charge in [-0.3, -0.25) is 0 Å². The highest BCUT2D eigenvalue weighted by molar-refractivity contribution is 7.89. The molecule has 0 aliphatic carbocycles. The smallest absolute Gasteiger partial charge is 0.207 e. The molecule has 0 aromatic heterocycles. The standard InChI is InChI=1S/C18H20ClFN2O4S2/c19-16-12-15(20)8-9-18(16)27(23,24)21-13-14-6-2-3-7-17(14)28(25,26)22-10-4-1-5-11-22/h2-3,6-9,12,21H,1,4-5,10-11,13H2. The summed E-state index contributed by atoms with van der Waals surface area (Å²) < 4.78 is 68.0. The first-order valence-corrected chi connectivity index (χ1v) is 12.0. The summed E-state index contributed by atoms with van der Waals surface area (Å²) in [6.45, 7) is 0.667. The fourth-order valence-electron chi connectivity index (χ4n) is 3.09. The first-order chi connectivity index (χ1) is 13.2. The van der Waals surface area contributed by atoms with E-state index in [-0.39, 0.29) is 21.4 Å². The van der Waals surface area contributed by atoms with Crippen molar-refractivity contribution in [3.63, 3.8) is 0 Å². The quantitative estimate of drug-likeness (QED) is 0.738. The van der Waals surface area contributed by atoms with Crippen LogP contribution in [0.3, 0.4) is 0 Å². The predicted octanol–water partition coefficient (Wildman–Crippen LogP) is 3.13. The van der Waals surface area contributed by atoms with Crippen molar-refractivity contribution in [2.45, 2.75) is 35.6 Å². The Bertz CT molecular complexity index is 1070. The van der Waals surface area contributed by atoms with Gasteiger partial charge in [0.05, 0.1) is 9.92 Å². The molecule has 2 aromatic rings. The third-order valence-electron chi connectivity index (χ3n) is 4.54. The van der Waals surface area contributed by atoms with Crippen LogP contribution in [0.5, 0.6) is 0 Å². The molecule has 1 fully saturated rings. The Balaban J connectivity index is 1.86. The van der Waals surface area contributed by atoms with E-state index in [1.54, 1.807) is 18.2 Å². The molecule has 1 heterocycles. The Morgan fingerprint density at radius 2 is 1.64 bits per heavy atom. The Hall–Kier alpha value is -1.52. The van der Waals surface area contributed by atoms with Crippen molar-refractivity contribution in [2.75, 3.05) is 13.1 Å². The number of benzene rings is 2. The van der Waals surface area contributed by atoms with E-state index in [2.05, 4.69) is 4.72 Å². The first kappa shape index (κ1) is 21.2. The molecule has 28 heavy (non-hydrogen) atoms. The van der Waals surface area contributed by atoms with Crippen LogP contribution in [-0.4, -0.2) is 34.2 Å². The summed E-state index contributed by atoms with van der Waals surface area (Å²) >= 11 is 5.84. The van der Waals surface area contributed by atoms with Crippen LogP contribution in [0.4, 0.5) is 4.39 Å². The van der Waals surface area contributed by atoms with Gasteiger partial charge in [-0.15, -0.1) is 0 Å². The maximum Gasteiger partial charge on any atom is 0.243 e. The monoisotopic (exact) mass is 446 g/mol. The summed E-state index contributed by atoms with van der Waals surface area (Å²) in [6, 6.07) is 9.25. The van der Waals surface area contributed by atoms with E-state index < -0.39 is 25.9 Å². The second kappa shape index (κ2) is 8.46. The van der Waals surface area contributed by atoms with Crippen LogP contribution in [0, 0.1) is 5.82 Å². The highest BCUT2D eigenvalue weighted by Crippen LogP contribution is 2.25. The van der Waals surface area contributed by atoms with E-state index in [9.17, 15) is 21.2 Å². The summed E-state index contributed by atoms with van der Waals surface area (Å²) in [5.74, 6) is -0.651. The van der Waals surface area contributed by atoms with E-state index in [0.717, 1.165) is 37.5 Å². The summed E-state index contributed by atoms with van der Waals surface area (Å²) in [4.78, 5) is -0.197. The molecule has 152 valence electrons. The molecule has 6 nitrogen and oxygen atoms in total. The van der Waals surface area contributed by atoms with E-state index in [1.165, 1.54) is 10.4 Å². The summed E-state index contributed by atoms with van der Waals surface area (Å²) in [6.07, 6.45) is 2.60. The maximum atomic E-state index is 13.2. The lowest BCUT2D eigenvalue weighted by Crippen LogP contribution is -2.36. The minimum atomic E-state index is -4.05. The van der Waals surface area contributed by atoms with Crippen LogP contribution in [-0.2, 0) is 26.6 Å². The van der Waals surface area contributed by atoms with Crippen molar-refractivity contribution >= 4 is 31.6 Å². The normalized spacial score (nSPS) is 16.2. The molecule has 10 heteroatoms. The second-order valence-corrected chi connectivity index (χ2v) is 10.5. The molecule has 1 aliphatic rings. The average molecular weight is 447 g/mol. The molecule has 1 aliphatic heterocycles. The first-order valence-electron chi connectivity index (χ1n) is 8.74. The molecule has 0 saturated carbocycles. The van der Waals surface area contributed by atoms with Gasteiger partial charge in [-0.05, 0) is 42.7 Å². The molecule has 0 bridgehead atoms. The minimum absolute atomic E-state index is 0.0739. The van der Waals surface area contributed by atoms with Gasteiger partial charge >= 0.3 is 0 Å². The molecule has 0 atom stereocenters. The van der Waals surface area contributed by atoms with Crippen LogP contribution in [0.15, 0.2) is 52.3 Å². The van der Waals surface area contributed by atoms with Crippen LogP contribution >= 0.6 is 11.6 Å². The van der Waals surface area contributed by atoms with E-state index in [1.807, 2.05) is 0 Å². The van der Waals surface area contributed by atoms with Gasteiger partial charge in [0.15, 0.2) is 0 Å². The average Bonchev–Trinajstić information content (AvgIpc) is 2.67. The number of nitrogens with zero attached hydrogens (tertiary/aromatic N) is 1. The fourth-order valence-corrected chi connectivity index (χ4v) is 6.36. The zero-order valence-corrected chi connectivity index (χ0v) is 17.3. The lowest BCUT2D eigenvalue weighted by molar-refractivity contribution is 0.346. The Labute approximate surface area is 169 Å². The Morgan fingerprint density at radius 3 is 2.32 bits per heavy atom. The largest absolute Gasteiger partial charge is 0.243 e. The van der Waals surface area contributed by atoms with Gasteiger partial charge in [0.2, 0.25) is 20.0 Å². The zero-order chi connectivity index (χ0) is 20.4. The van der Waals surface area contributed by atoms with Gasteiger partial charge in [-0.25, -0.2) is 25.9 Å². The molecular weight excluding hydrogens is 427 g/mol. The van der Waals surface area contributed by atoms with Gasteiger partial charge in [0, 0.05) is 19.6 Å². The highest BCUT2D eigenvalue weighted by Gasteiger charge is 2.28.